The van der Waals surface area contributed by atoms with Crippen molar-refractivity contribution in [2.75, 3.05) is 17.2 Å². The zero-order chi connectivity index (χ0) is 15.9. The predicted octanol–water partition coefficient (Wildman–Crippen LogP) is 3.77. The molecule has 0 aromatic heterocycles. The first-order valence-corrected chi connectivity index (χ1v) is 7.25. The first-order valence-electron chi connectivity index (χ1n) is 7.25. The molecular formula is C16H20B2N2O2. The van der Waals surface area contributed by atoms with E-state index in [9.17, 15) is 0 Å². The molecule has 2 aromatic carbocycles. The molecule has 0 heterocycles. The molecule has 4 nitrogen and oxygen atoms in total. The lowest BCUT2D eigenvalue weighted by atomic mass is 10.1. The molecule has 0 amide bonds. The molecule has 0 N–H and O–H groups in total. The second-order valence-corrected chi connectivity index (χ2v) is 4.83. The molecule has 0 saturated heterocycles. The first kappa shape index (κ1) is 16.5. The Labute approximate surface area is 134 Å². The summed E-state index contributed by atoms with van der Waals surface area (Å²) < 4.78 is 11.0. The Morgan fingerprint density at radius 2 is 1.18 bits per heavy atom. The highest BCUT2D eigenvalue weighted by molar-refractivity contribution is 6.25. The van der Waals surface area contributed by atoms with Gasteiger partial charge in [-0.25, -0.2) is 5.06 Å². The summed E-state index contributed by atoms with van der Waals surface area (Å²) in [4.78, 5) is 0. The molecule has 0 aliphatic rings. The third-order valence-electron chi connectivity index (χ3n) is 3.19. The standard InChI is InChI=1S/C16H20B2N2O2/c1-13-5-7-15(8-6-13)20(22-18-3)16-11-9-14(10-12-16)19(4)21-17-2/h5-12H,1-4H3. The molecule has 0 saturated carbocycles. The Kier molecular flexibility index (Phi) is 5.92. The van der Waals surface area contributed by atoms with Crippen molar-refractivity contribution in [2.24, 2.45) is 0 Å². The molecule has 0 aliphatic heterocycles. The molecule has 112 valence electrons. The Morgan fingerprint density at radius 1 is 0.727 bits per heavy atom. The highest BCUT2D eigenvalue weighted by Gasteiger charge is 2.10. The van der Waals surface area contributed by atoms with Crippen LogP contribution in [0.5, 0.6) is 0 Å². The van der Waals surface area contributed by atoms with E-state index >= 15 is 0 Å². The molecule has 0 bridgehead atoms. The van der Waals surface area contributed by atoms with Gasteiger partial charge in [-0.15, -0.1) is 0 Å². The largest absolute Gasteiger partial charge is 0.344 e. The molecule has 2 aromatic rings. The Hall–Kier alpha value is -1.91. The van der Waals surface area contributed by atoms with E-state index in [1.807, 2.05) is 57.1 Å². The van der Waals surface area contributed by atoms with Crippen LogP contribution in [0.4, 0.5) is 17.1 Å². The van der Waals surface area contributed by atoms with E-state index in [-0.39, 0.29) is 0 Å². The SMILES string of the molecule is C[B]ON(C)c1ccc(N(O[B]C)c2ccc(C)cc2)cc1. The highest BCUT2D eigenvalue weighted by Crippen LogP contribution is 2.27. The van der Waals surface area contributed by atoms with Gasteiger partial charge in [0.2, 0.25) is 0 Å². The third kappa shape index (κ3) is 4.06. The number of benzene rings is 2. The van der Waals surface area contributed by atoms with Crippen LogP contribution in [0.3, 0.4) is 0 Å². The van der Waals surface area contributed by atoms with Gasteiger partial charge in [0.15, 0.2) is 0 Å². The van der Waals surface area contributed by atoms with Gasteiger partial charge in [0.25, 0.3) is 0 Å². The molecule has 0 spiro atoms. The number of aryl methyl sites for hydroxylation is 1. The molecule has 2 rings (SSSR count). The molecule has 2 radical (unpaired) electrons. The minimum absolute atomic E-state index is 0.944. The van der Waals surface area contributed by atoms with Crippen molar-refractivity contribution in [3.63, 3.8) is 0 Å². The monoisotopic (exact) mass is 294 g/mol. The van der Waals surface area contributed by atoms with Crippen LogP contribution in [0.15, 0.2) is 48.5 Å². The molecular weight excluding hydrogens is 274 g/mol. The topological polar surface area (TPSA) is 24.9 Å². The lowest BCUT2D eigenvalue weighted by Gasteiger charge is -2.25. The minimum Gasteiger partial charge on any atom is -0.344 e. The van der Waals surface area contributed by atoms with Gasteiger partial charge in [-0.05, 0) is 43.3 Å². The summed E-state index contributed by atoms with van der Waals surface area (Å²) in [7, 11) is 5.17. The van der Waals surface area contributed by atoms with Crippen LogP contribution in [0.2, 0.25) is 13.6 Å². The second-order valence-electron chi connectivity index (χ2n) is 4.83. The van der Waals surface area contributed by atoms with Gasteiger partial charge in [0, 0.05) is 7.05 Å². The summed E-state index contributed by atoms with van der Waals surface area (Å²) in [5.41, 5.74) is 4.10. The zero-order valence-corrected chi connectivity index (χ0v) is 13.5. The zero-order valence-electron chi connectivity index (χ0n) is 13.5. The smallest absolute Gasteiger partial charge is 0.331 e. The number of nitrogens with zero attached hydrogens (tertiary/aromatic N) is 2. The van der Waals surface area contributed by atoms with E-state index < -0.39 is 0 Å². The number of hydrogen-bond donors (Lipinski definition) is 0. The summed E-state index contributed by atoms with van der Waals surface area (Å²) in [5.74, 6) is 0. The van der Waals surface area contributed by atoms with E-state index in [2.05, 4.69) is 19.1 Å². The van der Waals surface area contributed by atoms with Crippen molar-refractivity contribution in [1.82, 2.24) is 0 Å². The number of hydrogen-bond acceptors (Lipinski definition) is 4. The lowest BCUT2D eigenvalue weighted by Crippen LogP contribution is -2.20. The van der Waals surface area contributed by atoms with Crippen LogP contribution >= 0.6 is 0 Å². The third-order valence-corrected chi connectivity index (χ3v) is 3.19. The van der Waals surface area contributed by atoms with Crippen LogP contribution in [-0.2, 0) is 9.51 Å². The van der Waals surface area contributed by atoms with Crippen LogP contribution in [-0.4, -0.2) is 22.0 Å². The van der Waals surface area contributed by atoms with Crippen molar-refractivity contribution in [2.45, 2.75) is 20.6 Å². The maximum atomic E-state index is 5.66. The van der Waals surface area contributed by atoms with E-state index in [4.69, 9.17) is 9.51 Å². The maximum Gasteiger partial charge on any atom is 0.331 e. The van der Waals surface area contributed by atoms with Crippen LogP contribution in [0.25, 0.3) is 0 Å². The van der Waals surface area contributed by atoms with Gasteiger partial charge in [0.05, 0.1) is 17.1 Å². The molecule has 22 heavy (non-hydrogen) atoms. The van der Waals surface area contributed by atoms with Gasteiger partial charge >= 0.3 is 15.0 Å². The Balaban J connectivity index is 2.23. The summed E-state index contributed by atoms with van der Waals surface area (Å²) in [6, 6.07) is 16.2. The van der Waals surface area contributed by atoms with Crippen LogP contribution in [0.1, 0.15) is 5.56 Å². The number of rotatable bonds is 7. The van der Waals surface area contributed by atoms with Crippen LogP contribution < -0.4 is 10.1 Å². The van der Waals surface area contributed by atoms with E-state index in [0.717, 1.165) is 17.1 Å². The fourth-order valence-corrected chi connectivity index (χ4v) is 2.07. The number of hydroxylamine groups is 1. The summed E-state index contributed by atoms with van der Waals surface area (Å²) >= 11 is 0. The first-order chi connectivity index (χ1) is 10.7. The highest BCUT2D eigenvalue weighted by atomic mass is 16.6. The Bertz CT molecular complexity index is 576. The van der Waals surface area contributed by atoms with E-state index in [1.165, 1.54) is 5.56 Å². The van der Waals surface area contributed by atoms with Gasteiger partial charge in [-0.1, -0.05) is 31.3 Å². The van der Waals surface area contributed by atoms with Gasteiger partial charge in [-0.3, -0.25) is 5.06 Å². The lowest BCUT2D eigenvalue weighted by molar-refractivity contribution is 0.323. The molecule has 6 heteroatoms. The van der Waals surface area contributed by atoms with Crippen molar-refractivity contribution in [1.29, 1.82) is 0 Å². The fourth-order valence-electron chi connectivity index (χ4n) is 2.07. The van der Waals surface area contributed by atoms with Crippen molar-refractivity contribution >= 4 is 32.0 Å². The van der Waals surface area contributed by atoms with Crippen molar-refractivity contribution in [3.05, 3.63) is 54.1 Å². The van der Waals surface area contributed by atoms with Gasteiger partial charge < -0.3 is 9.51 Å². The fraction of sp³-hybridized carbons (Fsp3) is 0.250. The van der Waals surface area contributed by atoms with E-state index in [1.54, 1.807) is 25.1 Å². The second kappa shape index (κ2) is 7.92. The van der Waals surface area contributed by atoms with Gasteiger partial charge in [0.1, 0.15) is 0 Å². The van der Waals surface area contributed by atoms with Crippen molar-refractivity contribution < 1.29 is 9.51 Å². The average Bonchev–Trinajstić information content (AvgIpc) is 2.54. The molecule has 0 fully saturated rings. The summed E-state index contributed by atoms with van der Waals surface area (Å²) in [6.45, 7) is 5.76. The normalized spacial score (nSPS) is 10.2. The molecule has 0 unspecified atom stereocenters. The minimum atomic E-state index is 0.944. The van der Waals surface area contributed by atoms with E-state index in [0.29, 0.717) is 0 Å². The Morgan fingerprint density at radius 3 is 1.68 bits per heavy atom. The molecule has 0 atom stereocenters. The predicted molar refractivity (Wildman–Crippen MR) is 93.6 cm³/mol. The van der Waals surface area contributed by atoms with Gasteiger partial charge in [-0.2, -0.15) is 0 Å². The maximum absolute atomic E-state index is 5.66. The quantitative estimate of drug-likeness (QED) is 0.573. The average molecular weight is 294 g/mol. The molecule has 0 aliphatic carbocycles. The summed E-state index contributed by atoms with van der Waals surface area (Å²) in [6.07, 6.45) is 0. The number of anilines is 3. The van der Waals surface area contributed by atoms with Crippen LogP contribution in [0, 0.1) is 6.92 Å². The summed E-state index contributed by atoms with van der Waals surface area (Å²) in [5, 5.41) is 3.49. The van der Waals surface area contributed by atoms with Crippen molar-refractivity contribution in [3.8, 4) is 0 Å².